The van der Waals surface area contributed by atoms with Crippen molar-refractivity contribution in [3.8, 4) is 0 Å². The number of halogens is 3. The Kier molecular flexibility index (Phi) is 10.0. The molecule has 2 amide bonds. The van der Waals surface area contributed by atoms with Gasteiger partial charge in [0.05, 0.1) is 22.0 Å². The van der Waals surface area contributed by atoms with Gasteiger partial charge in [-0.3, -0.25) is 13.9 Å². The second kappa shape index (κ2) is 12.8. The molecule has 1 N–H and O–H groups in total. The summed E-state index contributed by atoms with van der Waals surface area (Å²) < 4.78 is 27.0. The minimum Gasteiger partial charge on any atom is -0.357 e. The van der Waals surface area contributed by atoms with Gasteiger partial charge in [-0.15, -0.1) is 0 Å². The lowest BCUT2D eigenvalue weighted by molar-refractivity contribution is -0.139. The van der Waals surface area contributed by atoms with E-state index in [-0.39, 0.29) is 18.9 Å². The maximum absolute atomic E-state index is 13.9. The van der Waals surface area contributed by atoms with E-state index in [0.717, 1.165) is 16.1 Å². The Balaban J connectivity index is 2.05. The summed E-state index contributed by atoms with van der Waals surface area (Å²) in [6.45, 7) is -0.501. The standard InChI is InChI=1S/C26H26BrCl2N3O4S/c1-30-26(34)24(15-18-8-4-3-5-9-18)31(16-19-12-13-21(28)22(29)14-19)25(33)17-32(37(2,35)36)23-11-7-6-10-20(23)27/h3-14,24H,15-17H2,1-2H3,(H,30,34)/t24-/m0/s1. The highest BCUT2D eigenvalue weighted by molar-refractivity contribution is 9.10. The van der Waals surface area contributed by atoms with Crippen LogP contribution >= 0.6 is 39.1 Å². The number of sulfonamides is 1. The molecule has 7 nitrogen and oxygen atoms in total. The number of nitrogens with one attached hydrogen (secondary N) is 1. The molecule has 196 valence electrons. The molecule has 0 saturated carbocycles. The molecular weight excluding hydrogens is 601 g/mol. The molecule has 3 aromatic rings. The van der Waals surface area contributed by atoms with E-state index in [1.54, 1.807) is 42.5 Å². The van der Waals surface area contributed by atoms with E-state index in [0.29, 0.717) is 25.8 Å². The minimum atomic E-state index is -3.85. The van der Waals surface area contributed by atoms with Gasteiger partial charge < -0.3 is 10.2 Å². The number of carbonyl (C=O) groups is 2. The van der Waals surface area contributed by atoms with Crippen molar-refractivity contribution in [1.29, 1.82) is 0 Å². The van der Waals surface area contributed by atoms with Crippen molar-refractivity contribution in [3.63, 3.8) is 0 Å². The van der Waals surface area contributed by atoms with Crippen molar-refractivity contribution in [3.05, 3.63) is 98.4 Å². The zero-order valence-corrected chi connectivity index (χ0v) is 24.1. The van der Waals surface area contributed by atoms with Crippen molar-refractivity contribution >= 4 is 66.7 Å². The number of amides is 2. The summed E-state index contributed by atoms with van der Waals surface area (Å²) in [5.41, 5.74) is 1.79. The number of benzene rings is 3. The van der Waals surface area contributed by atoms with E-state index < -0.39 is 28.5 Å². The molecule has 0 aliphatic heterocycles. The van der Waals surface area contributed by atoms with Gasteiger partial charge in [0, 0.05) is 24.5 Å². The quantitative estimate of drug-likeness (QED) is 0.347. The maximum atomic E-state index is 13.9. The molecule has 3 aromatic carbocycles. The number of nitrogens with zero attached hydrogens (tertiary/aromatic N) is 2. The molecule has 37 heavy (non-hydrogen) atoms. The fourth-order valence-corrected chi connectivity index (χ4v) is 5.60. The van der Waals surface area contributed by atoms with Gasteiger partial charge in [-0.2, -0.15) is 0 Å². The Labute approximate surface area is 235 Å². The lowest BCUT2D eigenvalue weighted by Crippen LogP contribution is -2.52. The van der Waals surface area contributed by atoms with Gasteiger partial charge >= 0.3 is 0 Å². The first-order valence-electron chi connectivity index (χ1n) is 11.2. The molecule has 11 heteroatoms. The van der Waals surface area contributed by atoms with Crippen molar-refractivity contribution in [2.24, 2.45) is 0 Å². The average molecular weight is 627 g/mol. The van der Waals surface area contributed by atoms with Crippen LogP contribution in [0.2, 0.25) is 10.0 Å². The van der Waals surface area contributed by atoms with Crippen LogP contribution in [0.3, 0.4) is 0 Å². The van der Waals surface area contributed by atoms with Crippen molar-refractivity contribution in [2.75, 3.05) is 24.2 Å². The Morgan fingerprint density at radius 3 is 2.19 bits per heavy atom. The molecule has 0 unspecified atom stereocenters. The summed E-state index contributed by atoms with van der Waals surface area (Å²) in [7, 11) is -2.36. The second-order valence-corrected chi connectivity index (χ2v) is 11.9. The van der Waals surface area contributed by atoms with Crippen LogP contribution in [0.4, 0.5) is 5.69 Å². The van der Waals surface area contributed by atoms with Crippen LogP contribution in [0, 0.1) is 0 Å². The number of hydrogen-bond donors (Lipinski definition) is 1. The number of hydrogen-bond acceptors (Lipinski definition) is 4. The van der Waals surface area contributed by atoms with E-state index in [4.69, 9.17) is 23.2 Å². The Hall–Kier alpha value is -2.59. The molecule has 0 heterocycles. The highest BCUT2D eigenvalue weighted by Gasteiger charge is 2.33. The molecule has 0 saturated heterocycles. The van der Waals surface area contributed by atoms with Gasteiger partial charge in [0.25, 0.3) is 0 Å². The summed E-state index contributed by atoms with van der Waals surface area (Å²) in [6.07, 6.45) is 1.25. The van der Waals surface area contributed by atoms with E-state index in [1.807, 2.05) is 30.3 Å². The molecule has 0 aliphatic carbocycles. The van der Waals surface area contributed by atoms with Gasteiger partial charge in [-0.1, -0.05) is 71.7 Å². The van der Waals surface area contributed by atoms with Crippen molar-refractivity contribution in [1.82, 2.24) is 10.2 Å². The molecule has 0 fully saturated rings. The maximum Gasteiger partial charge on any atom is 0.244 e. The Morgan fingerprint density at radius 1 is 0.946 bits per heavy atom. The van der Waals surface area contributed by atoms with Crippen molar-refractivity contribution < 1.29 is 18.0 Å². The SMILES string of the molecule is CNC(=O)[C@H](Cc1ccccc1)N(Cc1ccc(Cl)c(Cl)c1)C(=O)CN(c1ccccc1Br)S(C)(=O)=O. The lowest BCUT2D eigenvalue weighted by atomic mass is 10.0. The van der Waals surface area contributed by atoms with Crippen molar-refractivity contribution in [2.45, 2.75) is 19.0 Å². The topological polar surface area (TPSA) is 86.8 Å². The third-order valence-electron chi connectivity index (χ3n) is 5.65. The first-order chi connectivity index (χ1) is 17.5. The van der Waals surface area contributed by atoms with Crippen LogP contribution in [0.1, 0.15) is 11.1 Å². The van der Waals surface area contributed by atoms with E-state index in [9.17, 15) is 18.0 Å². The van der Waals surface area contributed by atoms with Crippen LogP contribution < -0.4 is 9.62 Å². The monoisotopic (exact) mass is 625 g/mol. The fraction of sp³-hybridized carbons (Fsp3) is 0.231. The largest absolute Gasteiger partial charge is 0.357 e. The van der Waals surface area contributed by atoms with Gasteiger partial charge in [0.15, 0.2) is 0 Å². The zero-order valence-electron chi connectivity index (χ0n) is 20.2. The van der Waals surface area contributed by atoms with Crippen LogP contribution in [0.25, 0.3) is 0 Å². The molecule has 0 bridgehead atoms. The number of para-hydroxylation sites is 1. The van der Waals surface area contributed by atoms with E-state index in [2.05, 4.69) is 21.2 Å². The van der Waals surface area contributed by atoms with E-state index in [1.165, 1.54) is 11.9 Å². The van der Waals surface area contributed by atoms with Gasteiger partial charge in [0.1, 0.15) is 12.6 Å². The summed E-state index contributed by atoms with van der Waals surface area (Å²) in [5, 5.41) is 3.29. The normalized spacial score (nSPS) is 12.0. The molecule has 0 aliphatic rings. The first kappa shape index (κ1) is 29.0. The summed E-state index contributed by atoms with van der Waals surface area (Å²) in [5.74, 6) is -0.944. The summed E-state index contributed by atoms with van der Waals surface area (Å²) >= 11 is 15.7. The molecule has 0 aromatic heterocycles. The molecule has 0 radical (unpaired) electrons. The van der Waals surface area contributed by atoms with Crippen LogP contribution in [-0.2, 0) is 32.6 Å². The van der Waals surface area contributed by atoms with Gasteiger partial charge in [-0.05, 0) is 51.3 Å². The molecule has 0 spiro atoms. The average Bonchev–Trinajstić information content (AvgIpc) is 2.86. The molecular formula is C26H26BrCl2N3O4S. The zero-order chi connectivity index (χ0) is 27.2. The number of rotatable bonds is 10. The summed E-state index contributed by atoms with van der Waals surface area (Å²) in [4.78, 5) is 28.3. The van der Waals surface area contributed by atoms with Gasteiger partial charge in [-0.25, -0.2) is 8.42 Å². The first-order valence-corrected chi connectivity index (χ1v) is 14.6. The fourth-order valence-electron chi connectivity index (χ4n) is 3.80. The van der Waals surface area contributed by atoms with Gasteiger partial charge in [0.2, 0.25) is 21.8 Å². The Bertz CT molecular complexity index is 1370. The third-order valence-corrected chi connectivity index (χ3v) is 8.19. The minimum absolute atomic E-state index is 0.00814. The van der Waals surface area contributed by atoms with Crippen LogP contribution in [0.15, 0.2) is 77.3 Å². The summed E-state index contributed by atoms with van der Waals surface area (Å²) in [6, 6.07) is 20.0. The van der Waals surface area contributed by atoms with E-state index >= 15 is 0 Å². The van der Waals surface area contributed by atoms with Crippen LogP contribution in [-0.4, -0.2) is 51.0 Å². The highest BCUT2D eigenvalue weighted by atomic mass is 79.9. The smallest absolute Gasteiger partial charge is 0.244 e. The molecule has 1 atom stereocenters. The number of likely N-dealkylation sites (N-methyl/N-ethyl adjacent to an activating group) is 1. The highest BCUT2D eigenvalue weighted by Crippen LogP contribution is 2.29. The predicted octanol–water partition coefficient (Wildman–Crippen LogP) is 4.91. The molecule has 3 rings (SSSR count). The predicted molar refractivity (Wildman–Crippen MR) is 151 cm³/mol. The Morgan fingerprint density at radius 2 is 1.59 bits per heavy atom. The van der Waals surface area contributed by atoms with Crippen LogP contribution in [0.5, 0.6) is 0 Å². The third kappa shape index (κ3) is 7.70. The lowest BCUT2D eigenvalue weighted by Gasteiger charge is -2.33. The number of carbonyl (C=O) groups excluding carboxylic acids is 2. The second-order valence-electron chi connectivity index (χ2n) is 8.31. The number of anilines is 1.